The van der Waals surface area contributed by atoms with Crippen molar-refractivity contribution in [1.82, 2.24) is 15.8 Å². The minimum Gasteiger partial charge on any atom is -0.461 e. The number of carbonyl (C=O) groups excluding carboxylic acids is 1. The summed E-state index contributed by atoms with van der Waals surface area (Å²) >= 11 is 0. The Morgan fingerprint density at radius 3 is 3.00 bits per heavy atom. The summed E-state index contributed by atoms with van der Waals surface area (Å²) in [7, 11) is 1.82. The number of furan rings is 1. The molecule has 0 unspecified atom stereocenters. The molecule has 17 heavy (non-hydrogen) atoms. The standard InChI is InChI=1S/C11H13N3O3/c1-12-4-5-13-11(15)8-7-10(17-14-8)9-3-2-6-16-9/h2-3,6-7,12H,4-5H2,1H3,(H,13,15). The van der Waals surface area contributed by atoms with E-state index in [2.05, 4.69) is 15.8 Å². The highest BCUT2D eigenvalue weighted by Gasteiger charge is 2.14. The summed E-state index contributed by atoms with van der Waals surface area (Å²) < 4.78 is 10.2. The van der Waals surface area contributed by atoms with Crippen LogP contribution in [0.4, 0.5) is 0 Å². The zero-order valence-corrected chi connectivity index (χ0v) is 9.40. The Kier molecular flexibility index (Phi) is 3.56. The van der Waals surface area contributed by atoms with Gasteiger partial charge < -0.3 is 19.6 Å². The van der Waals surface area contributed by atoms with Crippen LogP contribution in [0.1, 0.15) is 10.5 Å². The number of likely N-dealkylation sites (N-methyl/N-ethyl adjacent to an activating group) is 1. The number of nitrogens with one attached hydrogen (secondary N) is 2. The molecule has 6 heteroatoms. The zero-order valence-electron chi connectivity index (χ0n) is 9.40. The van der Waals surface area contributed by atoms with Gasteiger partial charge in [-0.2, -0.15) is 0 Å². The van der Waals surface area contributed by atoms with Gasteiger partial charge in [-0.15, -0.1) is 0 Å². The Balaban J connectivity index is 2.01. The summed E-state index contributed by atoms with van der Waals surface area (Å²) in [5.41, 5.74) is 0.243. The van der Waals surface area contributed by atoms with E-state index in [1.807, 2.05) is 7.05 Å². The smallest absolute Gasteiger partial charge is 0.273 e. The fourth-order valence-corrected chi connectivity index (χ4v) is 1.31. The minimum atomic E-state index is -0.262. The highest BCUT2D eigenvalue weighted by molar-refractivity contribution is 5.92. The van der Waals surface area contributed by atoms with E-state index in [-0.39, 0.29) is 11.6 Å². The monoisotopic (exact) mass is 235 g/mol. The summed E-state index contributed by atoms with van der Waals surface area (Å²) in [5, 5.41) is 9.32. The normalized spacial score (nSPS) is 10.4. The predicted molar refractivity (Wildman–Crippen MR) is 60.5 cm³/mol. The SMILES string of the molecule is CNCCNC(=O)c1cc(-c2ccco2)on1. The van der Waals surface area contributed by atoms with Crippen molar-refractivity contribution in [2.24, 2.45) is 0 Å². The van der Waals surface area contributed by atoms with Crippen molar-refractivity contribution in [1.29, 1.82) is 0 Å². The molecule has 2 aromatic rings. The van der Waals surface area contributed by atoms with Gasteiger partial charge in [0.25, 0.3) is 5.91 Å². The Hall–Kier alpha value is -2.08. The maximum absolute atomic E-state index is 11.6. The van der Waals surface area contributed by atoms with Crippen molar-refractivity contribution in [2.75, 3.05) is 20.1 Å². The Morgan fingerprint density at radius 1 is 1.41 bits per heavy atom. The van der Waals surface area contributed by atoms with Gasteiger partial charge in [-0.3, -0.25) is 4.79 Å². The van der Waals surface area contributed by atoms with Gasteiger partial charge in [-0.1, -0.05) is 5.16 Å². The maximum atomic E-state index is 11.6. The highest BCUT2D eigenvalue weighted by atomic mass is 16.5. The molecule has 6 nitrogen and oxygen atoms in total. The molecule has 2 aromatic heterocycles. The minimum absolute atomic E-state index is 0.243. The summed E-state index contributed by atoms with van der Waals surface area (Å²) in [6.45, 7) is 1.24. The highest BCUT2D eigenvalue weighted by Crippen LogP contribution is 2.20. The largest absolute Gasteiger partial charge is 0.461 e. The van der Waals surface area contributed by atoms with Crippen LogP contribution in [0.25, 0.3) is 11.5 Å². The Labute approximate surface area is 98.0 Å². The van der Waals surface area contributed by atoms with Gasteiger partial charge in [0.2, 0.25) is 5.76 Å². The number of rotatable bonds is 5. The average Bonchev–Trinajstić information content (AvgIpc) is 3.00. The number of carbonyl (C=O) groups is 1. The zero-order chi connectivity index (χ0) is 12.1. The van der Waals surface area contributed by atoms with Gasteiger partial charge in [-0.25, -0.2) is 0 Å². The molecule has 0 aliphatic heterocycles. The van der Waals surface area contributed by atoms with Crippen LogP contribution in [-0.4, -0.2) is 31.2 Å². The lowest BCUT2D eigenvalue weighted by Gasteiger charge is -2.00. The van der Waals surface area contributed by atoms with Crippen LogP contribution in [0.2, 0.25) is 0 Å². The first kappa shape index (κ1) is 11.4. The summed E-state index contributed by atoms with van der Waals surface area (Å²) in [4.78, 5) is 11.6. The van der Waals surface area contributed by atoms with Crippen LogP contribution in [0, 0.1) is 0 Å². The Bertz CT molecular complexity index is 476. The van der Waals surface area contributed by atoms with Crippen LogP contribution in [-0.2, 0) is 0 Å². The number of amides is 1. The van der Waals surface area contributed by atoms with Crippen molar-refractivity contribution in [2.45, 2.75) is 0 Å². The topological polar surface area (TPSA) is 80.3 Å². The third-order valence-electron chi connectivity index (χ3n) is 2.17. The molecule has 0 aliphatic carbocycles. The van der Waals surface area contributed by atoms with Gasteiger partial charge >= 0.3 is 0 Å². The Morgan fingerprint density at radius 2 is 2.29 bits per heavy atom. The third-order valence-corrected chi connectivity index (χ3v) is 2.17. The molecule has 0 saturated carbocycles. The van der Waals surface area contributed by atoms with Gasteiger partial charge in [0.05, 0.1) is 6.26 Å². The molecule has 0 bridgehead atoms. The van der Waals surface area contributed by atoms with Crippen LogP contribution < -0.4 is 10.6 Å². The summed E-state index contributed by atoms with van der Waals surface area (Å²) in [5.74, 6) is 0.724. The maximum Gasteiger partial charge on any atom is 0.273 e. The molecule has 0 fully saturated rings. The first-order chi connectivity index (χ1) is 8.31. The molecular weight excluding hydrogens is 222 g/mol. The van der Waals surface area contributed by atoms with Gasteiger partial charge in [0.15, 0.2) is 11.5 Å². The van der Waals surface area contributed by atoms with Crippen LogP contribution in [0.3, 0.4) is 0 Å². The van der Waals surface area contributed by atoms with E-state index in [1.165, 1.54) is 6.26 Å². The van der Waals surface area contributed by atoms with Gasteiger partial charge in [-0.05, 0) is 19.2 Å². The van der Waals surface area contributed by atoms with E-state index in [0.29, 0.717) is 24.6 Å². The summed E-state index contributed by atoms with van der Waals surface area (Å²) in [6.07, 6.45) is 1.53. The van der Waals surface area contributed by atoms with E-state index in [1.54, 1.807) is 18.2 Å². The second-order valence-electron chi connectivity index (χ2n) is 3.41. The fourth-order valence-electron chi connectivity index (χ4n) is 1.31. The van der Waals surface area contributed by atoms with Crippen LogP contribution in [0.5, 0.6) is 0 Å². The van der Waals surface area contributed by atoms with Crippen LogP contribution in [0.15, 0.2) is 33.4 Å². The second-order valence-corrected chi connectivity index (χ2v) is 3.41. The molecule has 0 aromatic carbocycles. The molecule has 1 amide bonds. The van der Waals surface area contributed by atoms with Gasteiger partial charge in [0, 0.05) is 19.2 Å². The third kappa shape index (κ3) is 2.73. The molecule has 2 heterocycles. The molecule has 90 valence electrons. The molecule has 0 spiro atoms. The molecule has 2 N–H and O–H groups in total. The van der Waals surface area contributed by atoms with E-state index in [9.17, 15) is 4.79 Å². The molecule has 2 rings (SSSR count). The first-order valence-corrected chi connectivity index (χ1v) is 5.24. The second kappa shape index (κ2) is 5.31. The molecular formula is C11H13N3O3. The lowest BCUT2D eigenvalue weighted by Crippen LogP contribution is -2.30. The van der Waals surface area contributed by atoms with Crippen molar-refractivity contribution >= 4 is 5.91 Å². The van der Waals surface area contributed by atoms with E-state index < -0.39 is 0 Å². The lowest BCUT2D eigenvalue weighted by atomic mass is 10.3. The molecule has 0 atom stereocenters. The van der Waals surface area contributed by atoms with Gasteiger partial charge in [0.1, 0.15) is 0 Å². The van der Waals surface area contributed by atoms with E-state index in [0.717, 1.165) is 0 Å². The average molecular weight is 235 g/mol. The quantitative estimate of drug-likeness (QED) is 0.752. The van der Waals surface area contributed by atoms with Crippen molar-refractivity contribution in [3.8, 4) is 11.5 Å². The van der Waals surface area contributed by atoms with Crippen molar-refractivity contribution in [3.63, 3.8) is 0 Å². The first-order valence-electron chi connectivity index (χ1n) is 5.24. The van der Waals surface area contributed by atoms with E-state index in [4.69, 9.17) is 8.94 Å². The molecule has 0 saturated heterocycles. The lowest BCUT2D eigenvalue weighted by molar-refractivity contribution is 0.0945. The fraction of sp³-hybridized carbons (Fsp3) is 0.273. The van der Waals surface area contributed by atoms with Crippen molar-refractivity contribution < 1.29 is 13.7 Å². The molecule has 0 radical (unpaired) electrons. The van der Waals surface area contributed by atoms with Crippen LogP contribution >= 0.6 is 0 Å². The number of hydrogen-bond donors (Lipinski definition) is 2. The summed E-state index contributed by atoms with van der Waals surface area (Å²) in [6, 6.07) is 5.03. The number of aromatic nitrogens is 1. The number of nitrogens with zero attached hydrogens (tertiary/aromatic N) is 1. The molecule has 0 aliphatic rings. The predicted octanol–water partition coefficient (Wildman–Crippen LogP) is 0.884. The van der Waals surface area contributed by atoms with Crippen molar-refractivity contribution in [3.05, 3.63) is 30.2 Å². The number of hydrogen-bond acceptors (Lipinski definition) is 5. The van der Waals surface area contributed by atoms with E-state index >= 15 is 0 Å².